The van der Waals surface area contributed by atoms with Crippen LogP contribution < -0.4 is 4.90 Å². The second-order valence-electron chi connectivity index (χ2n) is 11.1. The Labute approximate surface area is 230 Å². The summed E-state index contributed by atoms with van der Waals surface area (Å²) in [5.74, 6) is -1.34. The molecule has 0 N–H and O–H groups in total. The van der Waals surface area contributed by atoms with Crippen LogP contribution >= 0.6 is 0 Å². The van der Waals surface area contributed by atoms with Gasteiger partial charge in [0.2, 0.25) is 0 Å². The molecule has 0 aliphatic carbocycles. The molecule has 9 nitrogen and oxygen atoms in total. The van der Waals surface area contributed by atoms with Crippen LogP contribution in [0.5, 0.6) is 0 Å². The smallest absolute Gasteiger partial charge is 0.282 e. The molecule has 1 aromatic carbocycles. The summed E-state index contributed by atoms with van der Waals surface area (Å²) in [5, 5.41) is 5.45. The van der Waals surface area contributed by atoms with Crippen molar-refractivity contribution < 1.29 is 18.3 Å². The van der Waals surface area contributed by atoms with Crippen LogP contribution in [0.4, 0.5) is 14.6 Å². The Morgan fingerprint density at radius 1 is 1.12 bits per heavy atom. The van der Waals surface area contributed by atoms with E-state index in [1.807, 2.05) is 35.1 Å². The van der Waals surface area contributed by atoms with Gasteiger partial charge < -0.3 is 19.1 Å². The third kappa shape index (κ3) is 4.51. The fraction of sp³-hybridized carbons (Fsp3) is 0.448. The van der Waals surface area contributed by atoms with Crippen LogP contribution in [0.1, 0.15) is 53.9 Å². The first kappa shape index (κ1) is 25.1. The second-order valence-corrected chi connectivity index (χ2v) is 11.1. The number of nitrogens with zero attached hydrogens (tertiary/aromatic N) is 7. The number of benzene rings is 1. The third-order valence-corrected chi connectivity index (χ3v) is 8.35. The molecule has 0 saturated carbocycles. The molecule has 3 saturated heterocycles. The molecule has 6 heterocycles. The molecule has 0 bridgehead atoms. The fourth-order valence-corrected chi connectivity index (χ4v) is 6.05. The lowest BCUT2D eigenvalue weighted by molar-refractivity contribution is -0.113. The molecule has 1 amide bonds. The number of likely N-dealkylation sites (tertiary alicyclic amines) is 1. The van der Waals surface area contributed by atoms with Crippen molar-refractivity contribution >= 4 is 22.6 Å². The van der Waals surface area contributed by atoms with Crippen LogP contribution in [-0.4, -0.2) is 73.8 Å². The number of hydrogen-bond acceptors (Lipinski definition) is 6. The maximum Gasteiger partial charge on any atom is 0.282 e. The number of alkyl halides is 2. The number of carbonyl (C=O) groups is 1. The van der Waals surface area contributed by atoms with Crippen LogP contribution in [0, 0.1) is 0 Å². The number of rotatable bonds is 5. The topological polar surface area (TPSA) is 81.3 Å². The molecule has 3 aromatic heterocycles. The van der Waals surface area contributed by atoms with Crippen LogP contribution in [0.2, 0.25) is 0 Å². The van der Waals surface area contributed by atoms with Gasteiger partial charge in [-0.15, -0.1) is 0 Å². The van der Waals surface area contributed by atoms with Gasteiger partial charge in [-0.05, 0) is 49.4 Å². The van der Waals surface area contributed by atoms with Gasteiger partial charge in [-0.3, -0.25) is 4.79 Å². The Balaban J connectivity index is 1.08. The van der Waals surface area contributed by atoms with E-state index >= 15 is 0 Å². The summed E-state index contributed by atoms with van der Waals surface area (Å²) in [5.41, 5.74) is 3.27. The Hall–Kier alpha value is -3.86. The van der Waals surface area contributed by atoms with E-state index in [4.69, 9.17) is 9.72 Å². The van der Waals surface area contributed by atoms with Gasteiger partial charge in [0.25, 0.3) is 11.8 Å². The highest BCUT2D eigenvalue weighted by atomic mass is 19.3. The van der Waals surface area contributed by atoms with Crippen molar-refractivity contribution in [3.8, 4) is 11.4 Å². The van der Waals surface area contributed by atoms with E-state index in [0.29, 0.717) is 17.4 Å². The number of fused-ring (bicyclic) bond motifs is 1. The summed E-state index contributed by atoms with van der Waals surface area (Å²) in [6, 6.07) is 9.49. The molecule has 0 spiro atoms. The highest BCUT2D eigenvalue weighted by Crippen LogP contribution is 2.33. The van der Waals surface area contributed by atoms with Gasteiger partial charge in [0, 0.05) is 61.5 Å². The highest BCUT2D eigenvalue weighted by Gasteiger charge is 2.46. The zero-order valence-corrected chi connectivity index (χ0v) is 22.3. The van der Waals surface area contributed by atoms with E-state index in [0.717, 1.165) is 61.2 Å². The first-order valence-electron chi connectivity index (χ1n) is 13.9. The van der Waals surface area contributed by atoms with Gasteiger partial charge in [0.15, 0.2) is 5.82 Å². The first-order chi connectivity index (χ1) is 19.3. The molecule has 3 aliphatic heterocycles. The summed E-state index contributed by atoms with van der Waals surface area (Å²) in [6.07, 6.45) is 10.2. The van der Waals surface area contributed by atoms with E-state index in [1.54, 1.807) is 23.9 Å². The zero-order chi connectivity index (χ0) is 27.4. The predicted molar refractivity (Wildman–Crippen MR) is 145 cm³/mol. The van der Waals surface area contributed by atoms with Crippen molar-refractivity contribution in [1.82, 2.24) is 29.2 Å². The molecule has 208 valence electrons. The summed E-state index contributed by atoms with van der Waals surface area (Å²) in [7, 11) is 1.78. The van der Waals surface area contributed by atoms with Crippen molar-refractivity contribution in [3.63, 3.8) is 0 Å². The van der Waals surface area contributed by atoms with Crippen molar-refractivity contribution in [2.45, 2.75) is 43.8 Å². The van der Waals surface area contributed by atoms with Gasteiger partial charge in [-0.1, -0.05) is 12.1 Å². The van der Waals surface area contributed by atoms with Gasteiger partial charge in [0.1, 0.15) is 17.7 Å². The second kappa shape index (κ2) is 9.65. The van der Waals surface area contributed by atoms with Crippen LogP contribution in [0.25, 0.3) is 22.3 Å². The number of halogens is 2. The molecule has 3 aliphatic rings. The van der Waals surface area contributed by atoms with E-state index < -0.39 is 19.0 Å². The Morgan fingerprint density at radius 2 is 2.00 bits per heavy atom. The van der Waals surface area contributed by atoms with E-state index in [1.165, 1.54) is 16.9 Å². The third-order valence-electron chi connectivity index (χ3n) is 8.35. The van der Waals surface area contributed by atoms with Crippen LogP contribution in [0.15, 0.2) is 48.9 Å². The van der Waals surface area contributed by atoms with E-state index in [-0.39, 0.29) is 12.1 Å². The van der Waals surface area contributed by atoms with Crippen molar-refractivity contribution in [1.29, 1.82) is 0 Å². The van der Waals surface area contributed by atoms with Gasteiger partial charge in [0.05, 0.1) is 19.3 Å². The first-order valence-corrected chi connectivity index (χ1v) is 13.9. The van der Waals surface area contributed by atoms with Crippen molar-refractivity contribution in [2.75, 3.05) is 37.7 Å². The normalized spacial score (nSPS) is 22.6. The largest absolute Gasteiger partial charge is 0.357 e. The molecule has 40 heavy (non-hydrogen) atoms. The molecule has 4 aromatic rings. The number of aromatic nitrogens is 5. The van der Waals surface area contributed by atoms with Crippen molar-refractivity contribution in [2.24, 2.45) is 7.05 Å². The highest BCUT2D eigenvalue weighted by molar-refractivity contribution is 5.99. The summed E-state index contributed by atoms with van der Waals surface area (Å²) in [4.78, 5) is 25.7. The van der Waals surface area contributed by atoms with Gasteiger partial charge in [-0.2, -0.15) is 5.10 Å². The number of amides is 1. The maximum atomic E-state index is 13.3. The average Bonchev–Trinajstić information content (AvgIpc) is 3.71. The van der Waals surface area contributed by atoms with E-state index in [2.05, 4.69) is 21.2 Å². The number of anilines is 1. The molecule has 0 radical (unpaired) electrons. The van der Waals surface area contributed by atoms with Gasteiger partial charge >= 0.3 is 0 Å². The summed E-state index contributed by atoms with van der Waals surface area (Å²) >= 11 is 0. The average molecular weight is 548 g/mol. The number of ether oxygens (including phenoxy) is 1. The standard InChI is InChI=1S/C29H31F2N7O2/c1-35-23-13-20(6-5-19(23)12-24(35)28(39)37-17-29(30,31)18-37)27-32-9-7-25(34-27)36-10-8-21(15-36)22-14-33-38(16-22)26-4-2-3-11-40-26/h5-7,9,12-14,16,21,26H,2-4,8,10-11,15,17-18H2,1H3. The molecular formula is C29H31F2N7O2. The summed E-state index contributed by atoms with van der Waals surface area (Å²) < 4.78 is 36.2. The predicted octanol–water partition coefficient (Wildman–Crippen LogP) is 4.62. The molecule has 7 rings (SSSR count). The number of aryl methyl sites for hydroxylation is 1. The minimum absolute atomic E-state index is 0.0423. The molecule has 2 atom stereocenters. The molecule has 3 fully saturated rings. The minimum atomic E-state index is -2.79. The molecule has 11 heteroatoms. The lowest BCUT2D eigenvalue weighted by Gasteiger charge is -2.38. The molecule has 2 unspecified atom stereocenters. The summed E-state index contributed by atoms with van der Waals surface area (Å²) in [6.45, 7) is 1.47. The van der Waals surface area contributed by atoms with Crippen LogP contribution in [0.3, 0.4) is 0 Å². The quantitative estimate of drug-likeness (QED) is 0.363. The SMILES string of the molecule is Cn1c(C(=O)N2CC(F)(F)C2)cc2ccc(-c3nccc(N4CCC(c5cnn(C6CCCCO6)c5)C4)n3)cc21. The number of hydrogen-bond donors (Lipinski definition) is 0. The van der Waals surface area contributed by atoms with Crippen molar-refractivity contribution in [3.05, 3.63) is 60.2 Å². The zero-order valence-electron chi connectivity index (χ0n) is 22.3. The lowest BCUT2D eigenvalue weighted by atomic mass is 10.0. The minimum Gasteiger partial charge on any atom is -0.357 e. The Kier molecular flexibility index (Phi) is 6.06. The lowest BCUT2D eigenvalue weighted by Crippen LogP contribution is -2.58. The maximum absolute atomic E-state index is 13.3. The van der Waals surface area contributed by atoms with E-state index in [9.17, 15) is 13.6 Å². The molecular weight excluding hydrogens is 516 g/mol. The Morgan fingerprint density at radius 3 is 2.80 bits per heavy atom. The fourth-order valence-electron chi connectivity index (χ4n) is 6.05. The van der Waals surface area contributed by atoms with Gasteiger partial charge in [-0.25, -0.2) is 23.4 Å². The Bertz CT molecular complexity index is 1570. The van der Waals surface area contributed by atoms with Crippen LogP contribution in [-0.2, 0) is 11.8 Å². The number of carbonyl (C=O) groups excluding carboxylic acids is 1. The monoisotopic (exact) mass is 547 g/mol.